The zero-order chi connectivity index (χ0) is 28.2. The Bertz CT molecular complexity index is 1480. The van der Waals surface area contributed by atoms with Gasteiger partial charge in [0.25, 0.3) is 5.91 Å². The van der Waals surface area contributed by atoms with Crippen LogP contribution in [0.25, 0.3) is 28.2 Å². The molecule has 1 aliphatic heterocycles. The van der Waals surface area contributed by atoms with Gasteiger partial charge in [0.2, 0.25) is 5.91 Å². The van der Waals surface area contributed by atoms with Crippen LogP contribution in [0.15, 0.2) is 54.1 Å². The summed E-state index contributed by atoms with van der Waals surface area (Å²) in [6.45, 7) is 1.10. The van der Waals surface area contributed by atoms with Crippen molar-refractivity contribution in [2.75, 3.05) is 34.3 Å². The van der Waals surface area contributed by atoms with Crippen LogP contribution in [0, 0.1) is 0 Å². The van der Waals surface area contributed by atoms with E-state index in [1.807, 2.05) is 36.4 Å². The van der Waals surface area contributed by atoms with E-state index >= 15 is 0 Å². The fourth-order valence-corrected chi connectivity index (χ4v) is 6.04. The number of fused-ring (bicyclic) bond motifs is 5. The van der Waals surface area contributed by atoms with Gasteiger partial charge in [-0.3, -0.25) is 9.59 Å². The molecule has 1 fully saturated rings. The fraction of sp³-hybridized carbons (Fsp3) is 0.375. The predicted octanol–water partition coefficient (Wildman–Crippen LogP) is 5.11. The third-order valence-corrected chi connectivity index (χ3v) is 7.99. The summed E-state index contributed by atoms with van der Waals surface area (Å²) in [6, 6.07) is 12.0. The highest BCUT2D eigenvalue weighted by atomic mass is 16.5. The number of carbonyl (C=O) groups is 2. The molecule has 40 heavy (non-hydrogen) atoms. The second-order valence-corrected chi connectivity index (χ2v) is 10.6. The number of rotatable bonds is 8. The molecular formula is C32H38N4O4. The van der Waals surface area contributed by atoms with Gasteiger partial charge in [0.15, 0.2) is 0 Å². The maximum Gasteiger partial charge on any atom is 0.251 e. The highest BCUT2D eigenvalue weighted by molar-refractivity contribution is 6.04. The molecule has 0 radical (unpaired) electrons. The number of nitrogens with one attached hydrogen (secondary N) is 2. The fourth-order valence-electron chi connectivity index (χ4n) is 6.04. The zero-order valence-electron chi connectivity index (χ0n) is 23.5. The smallest absolute Gasteiger partial charge is 0.251 e. The third kappa shape index (κ3) is 5.55. The summed E-state index contributed by atoms with van der Waals surface area (Å²) >= 11 is 0. The number of nitrogens with zero attached hydrogens (tertiary/aromatic N) is 2. The molecule has 0 atom stereocenters. The molecule has 210 valence electrons. The van der Waals surface area contributed by atoms with E-state index in [4.69, 9.17) is 4.74 Å². The lowest BCUT2D eigenvalue weighted by molar-refractivity contribution is -0.117. The van der Waals surface area contributed by atoms with Crippen molar-refractivity contribution in [2.24, 2.45) is 0 Å². The number of hydrogen-bond donors (Lipinski definition) is 3. The van der Waals surface area contributed by atoms with Crippen molar-refractivity contribution in [3.05, 3.63) is 70.8 Å². The molecule has 0 spiro atoms. The van der Waals surface area contributed by atoms with E-state index in [9.17, 15) is 14.8 Å². The van der Waals surface area contributed by atoms with Crippen LogP contribution < -0.4 is 15.4 Å². The average Bonchev–Trinajstić information content (AvgIpc) is 3.18. The van der Waals surface area contributed by atoms with Gasteiger partial charge in [0.05, 0.1) is 19.3 Å². The van der Waals surface area contributed by atoms with Crippen LogP contribution in [-0.4, -0.2) is 60.9 Å². The van der Waals surface area contributed by atoms with Crippen LogP contribution in [-0.2, 0) is 11.3 Å². The molecule has 2 heterocycles. The number of ether oxygens (including phenoxy) is 1. The highest BCUT2D eigenvalue weighted by Crippen LogP contribution is 2.47. The van der Waals surface area contributed by atoms with Crippen LogP contribution in [0.5, 0.6) is 5.75 Å². The number of hydrogen-bond acceptors (Lipinski definition) is 5. The van der Waals surface area contributed by atoms with Gasteiger partial charge in [-0.25, -0.2) is 0 Å². The van der Waals surface area contributed by atoms with Crippen molar-refractivity contribution < 1.29 is 19.5 Å². The van der Waals surface area contributed by atoms with E-state index in [1.165, 1.54) is 24.8 Å². The van der Waals surface area contributed by atoms with E-state index in [0.717, 1.165) is 51.4 Å². The average molecular weight is 543 g/mol. The van der Waals surface area contributed by atoms with E-state index in [2.05, 4.69) is 27.3 Å². The molecule has 2 amide bonds. The lowest BCUT2D eigenvalue weighted by Gasteiger charge is -2.24. The largest absolute Gasteiger partial charge is 0.497 e. The Morgan fingerprint density at radius 2 is 1.90 bits per heavy atom. The van der Waals surface area contributed by atoms with Crippen molar-refractivity contribution in [3.63, 3.8) is 0 Å². The Morgan fingerprint density at radius 1 is 1.10 bits per heavy atom. The molecule has 0 saturated heterocycles. The molecule has 5 rings (SSSR count). The highest BCUT2D eigenvalue weighted by Gasteiger charge is 2.30. The maximum absolute atomic E-state index is 13.5. The van der Waals surface area contributed by atoms with Gasteiger partial charge >= 0.3 is 0 Å². The lowest BCUT2D eigenvalue weighted by Crippen LogP contribution is -2.27. The SMILES string of the molecule is CNC(=O)c1ccc2c(C3CCCCC3)c3n(c2c1)CC(C(=O)NC/C=C/CN(C)O)=Cc1cc(OC)ccc1-3. The first-order valence-electron chi connectivity index (χ1n) is 14.0. The second-order valence-electron chi connectivity index (χ2n) is 10.6. The summed E-state index contributed by atoms with van der Waals surface area (Å²) in [5.41, 5.74) is 6.62. The molecule has 8 nitrogen and oxygen atoms in total. The van der Waals surface area contributed by atoms with Gasteiger partial charge in [-0.15, -0.1) is 0 Å². The van der Waals surface area contributed by atoms with Crippen LogP contribution in [0.3, 0.4) is 0 Å². The van der Waals surface area contributed by atoms with Crippen LogP contribution in [0.4, 0.5) is 0 Å². The van der Waals surface area contributed by atoms with E-state index in [-0.39, 0.29) is 11.8 Å². The number of methoxy groups -OCH3 is 1. The maximum atomic E-state index is 13.5. The van der Waals surface area contributed by atoms with Crippen molar-refractivity contribution in [1.29, 1.82) is 0 Å². The zero-order valence-corrected chi connectivity index (χ0v) is 23.5. The van der Waals surface area contributed by atoms with Crippen LogP contribution >= 0.6 is 0 Å². The van der Waals surface area contributed by atoms with Gasteiger partial charge in [-0.1, -0.05) is 37.5 Å². The summed E-state index contributed by atoms with van der Waals surface area (Å²) in [7, 11) is 4.86. The third-order valence-electron chi connectivity index (χ3n) is 7.99. The van der Waals surface area contributed by atoms with Gasteiger partial charge in [0, 0.05) is 54.8 Å². The predicted molar refractivity (Wildman–Crippen MR) is 158 cm³/mol. The number of aromatic nitrogens is 1. The minimum absolute atomic E-state index is 0.135. The Labute approximate surface area is 235 Å². The first kappa shape index (κ1) is 27.7. The number of amides is 2. The number of likely N-dealkylation sites (N-methyl/N-ethyl adjacent to an activating group) is 1. The van der Waals surface area contributed by atoms with Gasteiger partial charge < -0.3 is 25.1 Å². The van der Waals surface area contributed by atoms with Crippen molar-refractivity contribution in [3.8, 4) is 17.0 Å². The number of carbonyl (C=O) groups excluding carboxylic acids is 2. The summed E-state index contributed by atoms with van der Waals surface area (Å²) in [5.74, 6) is 0.853. The standard InChI is InChI=1S/C32H38N4O4/c1-33-31(37)22-11-13-27-28(19-22)36-20-24(32(38)34-15-7-8-16-35(2)39)17-23-18-25(40-3)12-14-26(23)30(36)29(27)21-9-5-4-6-10-21/h7-8,11-14,17-19,21,39H,4-6,9-10,15-16,20H2,1-3H3,(H,33,37)(H,34,38)/b8-7+. The molecule has 3 aromatic rings. The second kappa shape index (κ2) is 12.1. The number of benzene rings is 2. The molecule has 1 aromatic heterocycles. The quantitative estimate of drug-likeness (QED) is 0.271. The van der Waals surface area contributed by atoms with Gasteiger partial charge in [-0.05, 0) is 66.3 Å². The Morgan fingerprint density at radius 3 is 2.62 bits per heavy atom. The normalized spacial score (nSPS) is 15.5. The van der Waals surface area contributed by atoms with Crippen molar-refractivity contribution in [2.45, 2.75) is 44.6 Å². The Hall–Kier alpha value is -3.88. The molecule has 2 aliphatic rings. The molecular weight excluding hydrogens is 504 g/mol. The summed E-state index contributed by atoms with van der Waals surface area (Å²) < 4.78 is 7.79. The Balaban J connectivity index is 1.66. The molecule has 0 unspecified atom stereocenters. The molecule has 8 heteroatoms. The molecule has 3 N–H and O–H groups in total. The summed E-state index contributed by atoms with van der Waals surface area (Å²) in [6.07, 6.45) is 11.5. The summed E-state index contributed by atoms with van der Waals surface area (Å²) in [4.78, 5) is 26.1. The first-order chi connectivity index (χ1) is 19.4. The topological polar surface area (TPSA) is 95.8 Å². The van der Waals surface area contributed by atoms with E-state index < -0.39 is 0 Å². The van der Waals surface area contributed by atoms with Crippen LogP contribution in [0.1, 0.15) is 59.5 Å². The van der Waals surface area contributed by atoms with E-state index in [1.54, 1.807) is 27.3 Å². The summed E-state index contributed by atoms with van der Waals surface area (Å²) in [5, 5.41) is 17.3. The molecule has 1 saturated carbocycles. The first-order valence-corrected chi connectivity index (χ1v) is 14.0. The van der Waals surface area contributed by atoms with Crippen LogP contribution in [0.2, 0.25) is 0 Å². The lowest BCUT2D eigenvalue weighted by atomic mass is 9.81. The van der Waals surface area contributed by atoms with Crippen molar-refractivity contribution in [1.82, 2.24) is 20.3 Å². The minimum atomic E-state index is -0.160. The Kier molecular flexibility index (Phi) is 8.38. The van der Waals surface area contributed by atoms with Crippen molar-refractivity contribution >= 4 is 28.8 Å². The van der Waals surface area contributed by atoms with Gasteiger partial charge in [0.1, 0.15) is 5.75 Å². The number of hydroxylamine groups is 2. The molecule has 0 bridgehead atoms. The molecule has 1 aliphatic carbocycles. The molecule has 2 aromatic carbocycles. The van der Waals surface area contributed by atoms with E-state index in [0.29, 0.717) is 36.7 Å². The monoisotopic (exact) mass is 542 g/mol. The van der Waals surface area contributed by atoms with Gasteiger partial charge in [-0.2, -0.15) is 5.06 Å². The minimum Gasteiger partial charge on any atom is -0.497 e.